The van der Waals surface area contributed by atoms with Gasteiger partial charge in [0, 0.05) is 6.54 Å². The van der Waals surface area contributed by atoms with Crippen molar-refractivity contribution in [2.45, 2.75) is 24.9 Å². The molecule has 3 rings (SSSR count). The van der Waals surface area contributed by atoms with Gasteiger partial charge in [-0.3, -0.25) is 4.79 Å². The zero-order valence-electron chi connectivity index (χ0n) is 11.0. The summed E-state index contributed by atoms with van der Waals surface area (Å²) in [5.41, 5.74) is 7.00. The van der Waals surface area contributed by atoms with Crippen LogP contribution in [-0.2, 0) is 9.53 Å². The monoisotopic (exact) mass is 260 g/mol. The third kappa shape index (κ3) is 2.65. The first-order valence-corrected chi connectivity index (χ1v) is 6.96. The van der Waals surface area contributed by atoms with Gasteiger partial charge < -0.3 is 15.4 Å². The van der Waals surface area contributed by atoms with Gasteiger partial charge in [-0.15, -0.1) is 0 Å². The predicted octanol–water partition coefficient (Wildman–Crippen LogP) is 1.32. The first-order valence-electron chi connectivity index (χ1n) is 6.96. The summed E-state index contributed by atoms with van der Waals surface area (Å²) in [6.45, 7) is 1.95. The van der Waals surface area contributed by atoms with E-state index in [0.717, 1.165) is 5.56 Å². The van der Waals surface area contributed by atoms with Crippen LogP contribution < -0.4 is 5.73 Å². The van der Waals surface area contributed by atoms with Crippen LogP contribution in [0.15, 0.2) is 30.3 Å². The van der Waals surface area contributed by atoms with Crippen molar-refractivity contribution in [1.29, 1.82) is 0 Å². The van der Waals surface area contributed by atoms with Gasteiger partial charge in [-0.2, -0.15) is 0 Å². The van der Waals surface area contributed by atoms with Gasteiger partial charge in [-0.1, -0.05) is 30.3 Å². The fourth-order valence-electron chi connectivity index (χ4n) is 2.75. The van der Waals surface area contributed by atoms with E-state index in [9.17, 15) is 4.79 Å². The van der Waals surface area contributed by atoms with Crippen LogP contribution in [0.1, 0.15) is 24.4 Å². The first kappa shape index (κ1) is 12.6. The highest BCUT2D eigenvalue weighted by Gasteiger charge is 2.40. The molecule has 4 nitrogen and oxygen atoms in total. The van der Waals surface area contributed by atoms with Crippen LogP contribution in [-0.4, -0.2) is 36.6 Å². The first-order chi connectivity index (χ1) is 9.27. The number of amides is 1. The summed E-state index contributed by atoms with van der Waals surface area (Å²) < 4.78 is 5.51. The van der Waals surface area contributed by atoms with Crippen LogP contribution in [0, 0.1) is 5.92 Å². The second-order valence-electron chi connectivity index (χ2n) is 5.40. The van der Waals surface area contributed by atoms with Crippen molar-refractivity contribution in [3.05, 3.63) is 35.9 Å². The Morgan fingerprint density at radius 2 is 2.05 bits per heavy atom. The lowest BCUT2D eigenvalue weighted by atomic mass is 10.0. The molecule has 2 aliphatic rings. The van der Waals surface area contributed by atoms with Gasteiger partial charge in [-0.05, 0) is 24.3 Å². The maximum absolute atomic E-state index is 12.6. The molecule has 0 spiro atoms. The maximum atomic E-state index is 12.6. The molecule has 0 bridgehead atoms. The number of nitrogens with two attached hydrogens (primary N) is 1. The topological polar surface area (TPSA) is 55.6 Å². The van der Waals surface area contributed by atoms with Crippen molar-refractivity contribution in [2.75, 3.05) is 19.8 Å². The number of hydrogen-bond acceptors (Lipinski definition) is 3. The van der Waals surface area contributed by atoms with E-state index in [-0.39, 0.29) is 11.9 Å². The van der Waals surface area contributed by atoms with Gasteiger partial charge in [0.25, 0.3) is 0 Å². The van der Waals surface area contributed by atoms with Crippen molar-refractivity contribution in [3.8, 4) is 0 Å². The Balaban J connectivity index is 1.74. The summed E-state index contributed by atoms with van der Waals surface area (Å²) >= 11 is 0. The van der Waals surface area contributed by atoms with Gasteiger partial charge in [-0.25, -0.2) is 0 Å². The Bertz CT molecular complexity index is 445. The lowest BCUT2D eigenvalue weighted by Crippen LogP contribution is -2.52. The molecule has 1 aliphatic carbocycles. The summed E-state index contributed by atoms with van der Waals surface area (Å²) in [7, 11) is 0. The summed E-state index contributed by atoms with van der Waals surface area (Å²) in [6, 6.07) is 9.27. The number of rotatable bonds is 3. The Hall–Kier alpha value is -1.39. The predicted molar refractivity (Wildman–Crippen MR) is 72.4 cm³/mol. The van der Waals surface area contributed by atoms with E-state index < -0.39 is 6.04 Å². The smallest absolute Gasteiger partial charge is 0.244 e. The highest BCUT2D eigenvalue weighted by Crippen LogP contribution is 2.37. The molecule has 1 saturated carbocycles. The Labute approximate surface area is 113 Å². The molecule has 1 aromatic rings. The second kappa shape index (κ2) is 5.31. The third-order valence-electron chi connectivity index (χ3n) is 4.04. The molecule has 1 aromatic carbocycles. The van der Waals surface area contributed by atoms with E-state index in [0.29, 0.717) is 25.7 Å². The molecule has 0 unspecified atom stereocenters. The average molecular weight is 260 g/mol. The summed E-state index contributed by atoms with van der Waals surface area (Å²) in [4.78, 5) is 14.5. The lowest BCUT2D eigenvalue weighted by molar-refractivity contribution is -0.142. The average Bonchev–Trinajstić information content (AvgIpc) is 3.31. The van der Waals surface area contributed by atoms with Crippen LogP contribution in [0.5, 0.6) is 0 Å². The number of hydrogen-bond donors (Lipinski definition) is 1. The van der Waals surface area contributed by atoms with Crippen LogP contribution in [0.3, 0.4) is 0 Å². The van der Waals surface area contributed by atoms with E-state index in [4.69, 9.17) is 10.5 Å². The molecule has 1 aliphatic heterocycles. The number of nitrogens with zero attached hydrogens (tertiary/aromatic N) is 1. The minimum Gasteiger partial charge on any atom is -0.377 e. The fraction of sp³-hybridized carbons (Fsp3) is 0.533. The zero-order valence-corrected chi connectivity index (χ0v) is 11.0. The SMILES string of the molecule is N[C@H](C(=O)N1CCOC[C@H]1C1CC1)c1ccccc1. The van der Waals surface area contributed by atoms with Gasteiger partial charge in [0.1, 0.15) is 6.04 Å². The molecule has 1 heterocycles. The van der Waals surface area contributed by atoms with E-state index in [1.54, 1.807) is 0 Å². The maximum Gasteiger partial charge on any atom is 0.244 e. The minimum atomic E-state index is -0.555. The highest BCUT2D eigenvalue weighted by atomic mass is 16.5. The molecule has 1 amide bonds. The quantitative estimate of drug-likeness (QED) is 0.892. The number of carbonyl (C=O) groups excluding carboxylic acids is 1. The molecule has 2 fully saturated rings. The van der Waals surface area contributed by atoms with Crippen molar-refractivity contribution < 1.29 is 9.53 Å². The molecule has 2 N–H and O–H groups in total. The van der Waals surface area contributed by atoms with Gasteiger partial charge in [0.05, 0.1) is 19.3 Å². The molecule has 2 atom stereocenters. The number of ether oxygens (including phenoxy) is 1. The van der Waals surface area contributed by atoms with E-state index in [1.165, 1.54) is 12.8 Å². The number of benzene rings is 1. The van der Waals surface area contributed by atoms with Crippen LogP contribution in [0.2, 0.25) is 0 Å². The molecular formula is C15H20N2O2. The van der Waals surface area contributed by atoms with Gasteiger partial charge >= 0.3 is 0 Å². The Kier molecular flexibility index (Phi) is 3.53. The molecule has 1 saturated heterocycles. The lowest BCUT2D eigenvalue weighted by Gasteiger charge is -2.37. The van der Waals surface area contributed by atoms with E-state index in [1.807, 2.05) is 35.2 Å². The fourth-order valence-corrected chi connectivity index (χ4v) is 2.75. The Morgan fingerprint density at radius 3 is 2.74 bits per heavy atom. The molecule has 19 heavy (non-hydrogen) atoms. The third-order valence-corrected chi connectivity index (χ3v) is 4.04. The molecule has 0 radical (unpaired) electrons. The van der Waals surface area contributed by atoms with Crippen LogP contribution in [0.25, 0.3) is 0 Å². The molecular weight excluding hydrogens is 240 g/mol. The summed E-state index contributed by atoms with van der Waals surface area (Å²) in [6.07, 6.45) is 2.41. The number of morpholine rings is 1. The van der Waals surface area contributed by atoms with Crippen molar-refractivity contribution >= 4 is 5.91 Å². The highest BCUT2D eigenvalue weighted by molar-refractivity contribution is 5.83. The standard InChI is InChI=1S/C15H20N2O2/c16-14(12-4-2-1-3-5-12)15(18)17-8-9-19-10-13(17)11-6-7-11/h1-5,11,13-14H,6-10,16H2/t13-,14-/m0/s1. The summed E-state index contributed by atoms with van der Waals surface area (Å²) in [5, 5.41) is 0. The second-order valence-corrected chi connectivity index (χ2v) is 5.40. The van der Waals surface area contributed by atoms with Crippen molar-refractivity contribution in [2.24, 2.45) is 11.7 Å². The largest absolute Gasteiger partial charge is 0.377 e. The normalized spacial score (nSPS) is 25.1. The van der Waals surface area contributed by atoms with Crippen LogP contribution >= 0.6 is 0 Å². The molecule has 102 valence electrons. The summed E-state index contributed by atoms with van der Waals surface area (Å²) in [5.74, 6) is 0.652. The van der Waals surface area contributed by atoms with E-state index in [2.05, 4.69) is 0 Å². The minimum absolute atomic E-state index is 0.0337. The van der Waals surface area contributed by atoms with Crippen molar-refractivity contribution in [3.63, 3.8) is 0 Å². The van der Waals surface area contributed by atoms with Crippen molar-refractivity contribution in [1.82, 2.24) is 4.90 Å². The van der Waals surface area contributed by atoms with E-state index >= 15 is 0 Å². The number of carbonyl (C=O) groups is 1. The molecule has 0 aromatic heterocycles. The van der Waals surface area contributed by atoms with Gasteiger partial charge in [0.2, 0.25) is 5.91 Å². The van der Waals surface area contributed by atoms with Gasteiger partial charge in [0.15, 0.2) is 0 Å². The Morgan fingerprint density at radius 1 is 1.32 bits per heavy atom. The molecule has 4 heteroatoms. The van der Waals surface area contributed by atoms with Crippen LogP contribution in [0.4, 0.5) is 0 Å². The zero-order chi connectivity index (χ0) is 13.2.